The number of rotatable bonds is 6. The van der Waals surface area contributed by atoms with Crippen LogP contribution < -0.4 is 11.1 Å². The molecule has 0 radical (unpaired) electrons. The molecule has 3 aromatic carbocycles. The fourth-order valence-corrected chi connectivity index (χ4v) is 3.40. The van der Waals surface area contributed by atoms with Crippen LogP contribution in [0.3, 0.4) is 0 Å². The van der Waals surface area contributed by atoms with E-state index in [0.717, 1.165) is 20.3 Å². The summed E-state index contributed by atoms with van der Waals surface area (Å²) < 4.78 is 1.03. The zero-order chi connectivity index (χ0) is 19.2. The molecule has 0 aromatic heterocycles. The van der Waals surface area contributed by atoms with Crippen LogP contribution in [0, 0.1) is 3.57 Å². The number of hydrogen-bond donors (Lipinski definition) is 2. The van der Waals surface area contributed by atoms with Gasteiger partial charge in [0, 0.05) is 15.6 Å². The van der Waals surface area contributed by atoms with E-state index in [4.69, 9.17) is 5.73 Å². The number of primary amides is 1. The summed E-state index contributed by atoms with van der Waals surface area (Å²) >= 11 is 2.21. The van der Waals surface area contributed by atoms with E-state index in [2.05, 4.69) is 27.9 Å². The van der Waals surface area contributed by atoms with Crippen LogP contribution in [0.1, 0.15) is 15.9 Å². The Bertz CT molecular complexity index is 940. The first kappa shape index (κ1) is 19.1. The van der Waals surface area contributed by atoms with Crippen LogP contribution in [-0.2, 0) is 11.2 Å². The highest BCUT2D eigenvalue weighted by Crippen LogP contribution is 2.19. The Kier molecular flexibility index (Phi) is 6.24. The van der Waals surface area contributed by atoms with Crippen LogP contribution in [-0.4, -0.2) is 17.9 Å². The lowest BCUT2D eigenvalue weighted by atomic mass is 10.0. The molecule has 1 atom stereocenters. The van der Waals surface area contributed by atoms with Crippen LogP contribution in [0.15, 0.2) is 78.9 Å². The molecule has 27 heavy (non-hydrogen) atoms. The van der Waals surface area contributed by atoms with E-state index < -0.39 is 11.9 Å². The molecular weight excluding hydrogens is 451 g/mol. The number of carbonyl (C=O) groups excluding carboxylic acids is 2. The maximum absolute atomic E-state index is 12.6. The van der Waals surface area contributed by atoms with Gasteiger partial charge in [-0.25, -0.2) is 0 Å². The van der Waals surface area contributed by atoms with Gasteiger partial charge in [-0.15, -0.1) is 0 Å². The zero-order valence-electron chi connectivity index (χ0n) is 14.6. The van der Waals surface area contributed by atoms with Crippen molar-refractivity contribution in [1.82, 2.24) is 5.32 Å². The molecule has 0 aliphatic heterocycles. The van der Waals surface area contributed by atoms with Gasteiger partial charge >= 0.3 is 0 Å². The van der Waals surface area contributed by atoms with Gasteiger partial charge in [-0.05, 0) is 57.5 Å². The van der Waals surface area contributed by atoms with Crippen LogP contribution in [0.5, 0.6) is 0 Å². The Morgan fingerprint density at radius 3 is 2.07 bits per heavy atom. The number of benzene rings is 3. The van der Waals surface area contributed by atoms with Crippen LogP contribution >= 0.6 is 22.6 Å². The molecule has 0 aliphatic rings. The summed E-state index contributed by atoms with van der Waals surface area (Å²) in [4.78, 5) is 24.4. The minimum absolute atomic E-state index is 0.315. The second-order valence-corrected chi connectivity index (χ2v) is 7.33. The standard InChI is InChI=1S/C22H19IN2O2/c23-19-9-5-4-8-18(19)14-20(21(24)26)25-22(27)17-12-10-16(11-13-17)15-6-2-1-3-7-15/h1-13,20H,14H2,(H2,24,26)(H,25,27)/t20-/m1/s1. The second kappa shape index (κ2) is 8.81. The number of halogens is 1. The van der Waals surface area contributed by atoms with E-state index in [1.54, 1.807) is 12.1 Å². The zero-order valence-corrected chi connectivity index (χ0v) is 16.7. The van der Waals surface area contributed by atoms with Gasteiger partial charge in [-0.2, -0.15) is 0 Å². The second-order valence-electron chi connectivity index (χ2n) is 6.17. The molecule has 0 saturated carbocycles. The Balaban J connectivity index is 1.72. The first-order valence-corrected chi connectivity index (χ1v) is 9.61. The number of hydrogen-bond acceptors (Lipinski definition) is 2. The maximum Gasteiger partial charge on any atom is 0.251 e. The van der Waals surface area contributed by atoms with Gasteiger partial charge < -0.3 is 11.1 Å². The average Bonchev–Trinajstić information content (AvgIpc) is 2.69. The van der Waals surface area contributed by atoms with Crippen LogP contribution in [0.4, 0.5) is 0 Å². The molecule has 3 N–H and O–H groups in total. The van der Waals surface area contributed by atoms with Gasteiger partial charge in [-0.1, -0.05) is 60.7 Å². The Hall–Kier alpha value is -2.67. The number of nitrogens with one attached hydrogen (secondary N) is 1. The van der Waals surface area contributed by atoms with E-state index in [-0.39, 0.29) is 5.91 Å². The van der Waals surface area contributed by atoms with Gasteiger partial charge in [0.25, 0.3) is 5.91 Å². The van der Waals surface area contributed by atoms with E-state index >= 15 is 0 Å². The normalized spacial score (nSPS) is 11.6. The lowest BCUT2D eigenvalue weighted by Crippen LogP contribution is -2.46. The minimum Gasteiger partial charge on any atom is -0.368 e. The van der Waals surface area contributed by atoms with E-state index in [1.165, 1.54) is 0 Å². The van der Waals surface area contributed by atoms with E-state index in [0.29, 0.717) is 12.0 Å². The van der Waals surface area contributed by atoms with Crippen molar-refractivity contribution >= 4 is 34.4 Å². The summed E-state index contributed by atoms with van der Waals surface area (Å²) in [6.07, 6.45) is 0.363. The smallest absolute Gasteiger partial charge is 0.251 e. The van der Waals surface area contributed by atoms with Crippen molar-refractivity contribution in [3.8, 4) is 11.1 Å². The molecule has 0 saturated heterocycles. The highest BCUT2D eigenvalue weighted by atomic mass is 127. The molecule has 3 rings (SSSR count). The fourth-order valence-electron chi connectivity index (χ4n) is 2.79. The van der Waals surface area contributed by atoms with Crippen LogP contribution in [0.2, 0.25) is 0 Å². The topological polar surface area (TPSA) is 72.2 Å². The third-order valence-electron chi connectivity index (χ3n) is 4.28. The summed E-state index contributed by atoms with van der Waals surface area (Å²) in [6.45, 7) is 0. The van der Waals surface area contributed by atoms with Crippen molar-refractivity contribution in [2.75, 3.05) is 0 Å². The molecule has 0 spiro atoms. The summed E-state index contributed by atoms with van der Waals surface area (Å²) in [5.74, 6) is -0.867. The molecule has 0 bridgehead atoms. The van der Waals surface area contributed by atoms with Crippen molar-refractivity contribution < 1.29 is 9.59 Å². The van der Waals surface area contributed by atoms with Crippen molar-refractivity contribution in [3.63, 3.8) is 0 Å². The fraction of sp³-hybridized carbons (Fsp3) is 0.0909. The lowest BCUT2D eigenvalue weighted by molar-refractivity contribution is -0.119. The molecular formula is C22H19IN2O2. The third-order valence-corrected chi connectivity index (χ3v) is 5.34. The Morgan fingerprint density at radius 2 is 1.44 bits per heavy atom. The summed E-state index contributed by atoms with van der Waals surface area (Å²) in [5.41, 5.74) is 9.08. The summed E-state index contributed by atoms with van der Waals surface area (Å²) in [5, 5.41) is 2.75. The molecule has 0 fully saturated rings. The first-order chi connectivity index (χ1) is 13.0. The minimum atomic E-state index is -0.762. The van der Waals surface area contributed by atoms with Gasteiger partial charge in [0.15, 0.2) is 0 Å². The summed E-state index contributed by atoms with van der Waals surface area (Å²) in [6, 6.07) is 24.2. The van der Waals surface area contributed by atoms with Gasteiger partial charge in [-0.3, -0.25) is 9.59 Å². The van der Waals surface area contributed by atoms with Gasteiger partial charge in [0.2, 0.25) is 5.91 Å². The molecule has 0 aliphatic carbocycles. The van der Waals surface area contributed by atoms with Crippen LogP contribution in [0.25, 0.3) is 11.1 Å². The quantitative estimate of drug-likeness (QED) is 0.539. The SMILES string of the molecule is NC(=O)[C@@H](Cc1ccccc1I)NC(=O)c1ccc(-c2ccccc2)cc1. The molecule has 2 amide bonds. The molecule has 0 heterocycles. The van der Waals surface area contributed by atoms with Crippen molar-refractivity contribution in [2.24, 2.45) is 5.73 Å². The van der Waals surface area contributed by atoms with Gasteiger partial charge in [0.05, 0.1) is 0 Å². The molecule has 5 heteroatoms. The predicted molar refractivity (Wildman–Crippen MR) is 115 cm³/mol. The monoisotopic (exact) mass is 470 g/mol. The Labute approximate surface area is 171 Å². The third kappa shape index (κ3) is 4.95. The molecule has 4 nitrogen and oxygen atoms in total. The maximum atomic E-state index is 12.6. The van der Waals surface area contributed by atoms with Crippen molar-refractivity contribution in [3.05, 3.63) is 93.6 Å². The Morgan fingerprint density at radius 1 is 0.852 bits per heavy atom. The predicted octanol–water partition coefficient (Wildman–Crippen LogP) is 3.78. The number of amides is 2. The number of carbonyl (C=O) groups is 2. The summed E-state index contributed by atoms with van der Waals surface area (Å²) in [7, 11) is 0. The number of nitrogens with two attached hydrogens (primary N) is 1. The average molecular weight is 470 g/mol. The molecule has 136 valence electrons. The first-order valence-electron chi connectivity index (χ1n) is 8.53. The molecule has 3 aromatic rings. The van der Waals surface area contributed by atoms with E-state index in [9.17, 15) is 9.59 Å². The highest BCUT2D eigenvalue weighted by Gasteiger charge is 2.20. The van der Waals surface area contributed by atoms with Crippen molar-refractivity contribution in [2.45, 2.75) is 12.5 Å². The van der Waals surface area contributed by atoms with Gasteiger partial charge in [0.1, 0.15) is 6.04 Å². The van der Waals surface area contributed by atoms with E-state index in [1.807, 2.05) is 66.7 Å². The lowest BCUT2D eigenvalue weighted by Gasteiger charge is -2.16. The largest absolute Gasteiger partial charge is 0.368 e. The van der Waals surface area contributed by atoms with Crippen molar-refractivity contribution in [1.29, 1.82) is 0 Å². The molecule has 0 unspecified atom stereocenters. The highest BCUT2D eigenvalue weighted by molar-refractivity contribution is 14.1.